The Balaban J connectivity index is 1.65. The minimum atomic E-state index is -0.578. The van der Waals surface area contributed by atoms with Crippen molar-refractivity contribution in [2.45, 2.75) is 58.7 Å². The number of piperidine rings is 1. The molecule has 0 spiro atoms. The van der Waals surface area contributed by atoms with Crippen molar-refractivity contribution in [3.05, 3.63) is 47.8 Å². The molecule has 1 unspecified atom stereocenters. The molecule has 4 rings (SSSR count). The standard InChI is InChI=1S/C27H35N5O5/c1-6-36-25(33)22-14-28-24-21(15-29-32(24)16-18-9-11-20(35-5)12-10-18)23(22)31-13-7-8-19(17-31)30-26(34)37-27(2,3)4/h9-12,14-15,19H,6-8,13,16-17H2,1-5H3,(H,30,34). The zero-order valence-electron chi connectivity index (χ0n) is 22.1. The highest BCUT2D eigenvalue weighted by atomic mass is 16.6. The fourth-order valence-corrected chi connectivity index (χ4v) is 4.50. The molecule has 3 aromatic rings. The smallest absolute Gasteiger partial charge is 0.407 e. The first-order valence-corrected chi connectivity index (χ1v) is 12.6. The Hall–Kier alpha value is -3.82. The number of carbonyl (C=O) groups excluding carboxylic acids is 2. The average molecular weight is 510 g/mol. The van der Waals surface area contributed by atoms with Crippen molar-refractivity contribution in [3.8, 4) is 5.75 Å². The highest BCUT2D eigenvalue weighted by molar-refractivity contribution is 6.04. The number of nitrogens with one attached hydrogen (secondary N) is 1. The number of hydrogen-bond donors (Lipinski definition) is 1. The molecule has 1 fully saturated rings. The van der Waals surface area contributed by atoms with Gasteiger partial charge in [0, 0.05) is 25.3 Å². The molecule has 0 saturated carbocycles. The number of aromatic nitrogens is 3. The first-order valence-electron chi connectivity index (χ1n) is 12.6. The number of rotatable bonds is 7. The van der Waals surface area contributed by atoms with Crippen LogP contribution in [0.25, 0.3) is 11.0 Å². The van der Waals surface area contributed by atoms with Crippen LogP contribution in [0.1, 0.15) is 56.5 Å². The summed E-state index contributed by atoms with van der Waals surface area (Å²) in [6.45, 7) is 9.31. The average Bonchev–Trinajstić information content (AvgIpc) is 3.25. The van der Waals surface area contributed by atoms with E-state index in [1.54, 1.807) is 26.4 Å². The van der Waals surface area contributed by atoms with Crippen LogP contribution < -0.4 is 15.0 Å². The Morgan fingerprint density at radius 3 is 2.59 bits per heavy atom. The molecule has 1 aliphatic heterocycles. The zero-order chi connectivity index (χ0) is 26.6. The van der Waals surface area contributed by atoms with E-state index in [9.17, 15) is 9.59 Å². The van der Waals surface area contributed by atoms with Crippen molar-refractivity contribution in [3.63, 3.8) is 0 Å². The van der Waals surface area contributed by atoms with E-state index < -0.39 is 17.7 Å². The van der Waals surface area contributed by atoms with Crippen LogP contribution in [0.4, 0.5) is 10.5 Å². The second kappa shape index (κ2) is 11.1. The van der Waals surface area contributed by atoms with E-state index in [1.807, 2.05) is 49.7 Å². The quantitative estimate of drug-likeness (QED) is 0.473. The Kier molecular flexibility index (Phi) is 7.85. The zero-order valence-corrected chi connectivity index (χ0v) is 22.1. The van der Waals surface area contributed by atoms with Gasteiger partial charge in [0.2, 0.25) is 0 Å². The highest BCUT2D eigenvalue weighted by Gasteiger charge is 2.29. The number of benzene rings is 1. The van der Waals surface area contributed by atoms with Gasteiger partial charge in [-0.3, -0.25) is 0 Å². The summed E-state index contributed by atoms with van der Waals surface area (Å²) in [5.41, 5.74) is 2.24. The summed E-state index contributed by atoms with van der Waals surface area (Å²) >= 11 is 0. The fourth-order valence-electron chi connectivity index (χ4n) is 4.50. The van der Waals surface area contributed by atoms with E-state index >= 15 is 0 Å². The molecular formula is C27H35N5O5. The molecule has 2 aromatic heterocycles. The normalized spacial score (nSPS) is 15.9. The summed E-state index contributed by atoms with van der Waals surface area (Å²) in [6.07, 6.45) is 4.51. The molecule has 1 amide bonds. The fraction of sp³-hybridized carbons (Fsp3) is 0.481. The van der Waals surface area contributed by atoms with Crippen LogP contribution in [0.3, 0.4) is 0 Å². The van der Waals surface area contributed by atoms with E-state index in [2.05, 4.69) is 20.3 Å². The molecule has 0 aliphatic carbocycles. The number of fused-ring (bicyclic) bond motifs is 1. The number of pyridine rings is 1. The van der Waals surface area contributed by atoms with Crippen molar-refractivity contribution in [1.29, 1.82) is 0 Å². The monoisotopic (exact) mass is 509 g/mol. The summed E-state index contributed by atoms with van der Waals surface area (Å²) in [5.74, 6) is 0.352. The largest absolute Gasteiger partial charge is 0.497 e. The summed E-state index contributed by atoms with van der Waals surface area (Å²) in [4.78, 5) is 32.0. The SMILES string of the molecule is CCOC(=O)c1cnc2c(cnn2Cc2ccc(OC)cc2)c1N1CCCC(NC(=O)OC(C)(C)C)C1. The van der Waals surface area contributed by atoms with Crippen LogP contribution in [0.5, 0.6) is 5.75 Å². The third kappa shape index (κ3) is 6.31. The second-order valence-corrected chi connectivity index (χ2v) is 10.1. The first-order chi connectivity index (χ1) is 17.7. The molecule has 1 aliphatic rings. The van der Waals surface area contributed by atoms with Gasteiger partial charge >= 0.3 is 12.1 Å². The molecule has 10 heteroatoms. The molecule has 1 aromatic carbocycles. The molecule has 198 valence electrons. The lowest BCUT2D eigenvalue weighted by atomic mass is 10.0. The van der Waals surface area contributed by atoms with Gasteiger partial charge in [-0.25, -0.2) is 19.3 Å². The second-order valence-electron chi connectivity index (χ2n) is 10.1. The molecule has 1 saturated heterocycles. The first kappa shape index (κ1) is 26.2. The molecule has 10 nitrogen and oxygen atoms in total. The van der Waals surface area contributed by atoms with Gasteiger partial charge in [0.05, 0.1) is 37.5 Å². The summed E-state index contributed by atoms with van der Waals surface area (Å²) in [6, 6.07) is 7.65. The van der Waals surface area contributed by atoms with Crippen LogP contribution in [0.2, 0.25) is 0 Å². The van der Waals surface area contributed by atoms with E-state index in [4.69, 9.17) is 14.2 Å². The maximum atomic E-state index is 12.9. The van der Waals surface area contributed by atoms with Gasteiger partial charge in [-0.15, -0.1) is 0 Å². The van der Waals surface area contributed by atoms with Gasteiger partial charge in [0.15, 0.2) is 5.65 Å². The lowest BCUT2D eigenvalue weighted by molar-refractivity contribution is 0.0493. The number of methoxy groups -OCH3 is 1. The van der Waals surface area contributed by atoms with Gasteiger partial charge < -0.3 is 24.4 Å². The number of hydrogen-bond acceptors (Lipinski definition) is 8. The number of nitrogens with zero attached hydrogens (tertiary/aromatic N) is 4. The van der Waals surface area contributed by atoms with Crippen molar-refractivity contribution < 1.29 is 23.8 Å². The summed E-state index contributed by atoms with van der Waals surface area (Å²) in [7, 11) is 1.64. The number of anilines is 1. The van der Waals surface area contributed by atoms with Crippen molar-refractivity contribution in [1.82, 2.24) is 20.1 Å². The maximum absolute atomic E-state index is 12.9. The van der Waals surface area contributed by atoms with Gasteiger partial charge in [-0.05, 0) is 58.2 Å². The summed E-state index contributed by atoms with van der Waals surface area (Å²) < 4.78 is 17.9. The predicted molar refractivity (Wildman–Crippen MR) is 140 cm³/mol. The van der Waals surface area contributed by atoms with E-state index in [0.717, 1.165) is 41.8 Å². The van der Waals surface area contributed by atoms with E-state index in [1.165, 1.54) is 0 Å². The van der Waals surface area contributed by atoms with E-state index in [-0.39, 0.29) is 12.6 Å². The van der Waals surface area contributed by atoms with Gasteiger partial charge in [0.25, 0.3) is 0 Å². The molecular weight excluding hydrogens is 474 g/mol. The number of ether oxygens (including phenoxy) is 3. The van der Waals surface area contributed by atoms with Crippen LogP contribution in [-0.4, -0.2) is 65.3 Å². The van der Waals surface area contributed by atoms with Gasteiger partial charge in [0.1, 0.15) is 16.9 Å². The molecule has 3 heterocycles. The van der Waals surface area contributed by atoms with Crippen LogP contribution >= 0.6 is 0 Å². The third-order valence-corrected chi connectivity index (χ3v) is 6.08. The summed E-state index contributed by atoms with van der Waals surface area (Å²) in [5, 5.41) is 8.34. The number of esters is 1. The van der Waals surface area contributed by atoms with Gasteiger partial charge in [-0.1, -0.05) is 12.1 Å². The number of alkyl carbamates (subject to hydrolysis) is 1. The Labute approximate surface area is 216 Å². The Morgan fingerprint density at radius 2 is 1.92 bits per heavy atom. The van der Waals surface area contributed by atoms with Crippen LogP contribution in [0.15, 0.2) is 36.7 Å². The van der Waals surface area contributed by atoms with Crippen molar-refractivity contribution in [2.75, 3.05) is 31.7 Å². The van der Waals surface area contributed by atoms with Crippen LogP contribution in [0, 0.1) is 0 Å². The Morgan fingerprint density at radius 1 is 1.16 bits per heavy atom. The number of carbonyl (C=O) groups is 2. The topological polar surface area (TPSA) is 108 Å². The lowest BCUT2D eigenvalue weighted by Crippen LogP contribution is -2.49. The van der Waals surface area contributed by atoms with Gasteiger partial charge in [-0.2, -0.15) is 5.10 Å². The molecule has 37 heavy (non-hydrogen) atoms. The maximum Gasteiger partial charge on any atom is 0.407 e. The lowest BCUT2D eigenvalue weighted by Gasteiger charge is -2.36. The highest BCUT2D eigenvalue weighted by Crippen LogP contribution is 2.33. The third-order valence-electron chi connectivity index (χ3n) is 6.08. The predicted octanol–water partition coefficient (Wildman–Crippen LogP) is 4.16. The van der Waals surface area contributed by atoms with Crippen molar-refractivity contribution in [2.24, 2.45) is 0 Å². The Bertz CT molecular complexity index is 1250. The van der Waals surface area contributed by atoms with E-state index in [0.29, 0.717) is 24.3 Å². The van der Waals surface area contributed by atoms with Crippen LogP contribution in [-0.2, 0) is 16.0 Å². The molecule has 0 radical (unpaired) electrons. The molecule has 1 N–H and O–H groups in total. The van der Waals surface area contributed by atoms with Crippen molar-refractivity contribution >= 4 is 28.8 Å². The number of amides is 1. The minimum absolute atomic E-state index is 0.129. The molecule has 0 bridgehead atoms. The minimum Gasteiger partial charge on any atom is -0.497 e. The molecule has 1 atom stereocenters.